The van der Waals surface area contributed by atoms with Crippen LogP contribution < -0.4 is 0 Å². The van der Waals surface area contributed by atoms with Crippen molar-refractivity contribution in [2.24, 2.45) is 0 Å². The molecule has 8 heteroatoms. The molecule has 2 rings (SSSR count). The van der Waals surface area contributed by atoms with Crippen LogP contribution in [-0.4, -0.2) is 40.2 Å². The van der Waals surface area contributed by atoms with Crippen molar-refractivity contribution in [3.63, 3.8) is 0 Å². The Hall–Kier alpha value is -2.09. The Morgan fingerprint density at radius 2 is 1.96 bits per heavy atom. The number of thiocarbonyl (C=S) groups is 1. The Morgan fingerprint density at radius 3 is 2.58 bits per heavy atom. The lowest BCUT2D eigenvalue weighted by Gasteiger charge is -2.16. The van der Waals surface area contributed by atoms with Crippen LogP contribution in [-0.2, 0) is 9.59 Å². The van der Waals surface area contributed by atoms with Gasteiger partial charge in [-0.3, -0.25) is 9.59 Å². The van der Waals surface area contributed by atoms with Crippen LogP contribution in [0.1, 0.15) is 12.2 Å². The van der Waals surface area contributed by atoms with Gasteiger partial charge in [-0.15, -0.1) is 0 Å². The Kier molecular flexibility index (Phi) is 7.44. The van der Waals surface area contributed by atoms with E-state index in [1.807, 2.05) is 12.1 Å². The number of carboxylic acids is 1. The van der Waals surface area contributed by atoms with E-state index in [9.17, 15) is 9.59 Å². The maximum Gasteiger partial charge on any atom is 0.305 e. The highest BCUT2D eigenvalue weighted by molar-refractivity contribution is 8.24. The van der Waals surface area contributed by atoms with Gasteiger partial charge in [0.05, 0.1) is 11.3 Å². The maximum absolute atomic E-state index is 12.5. The molecule has 0 bridgehead atoms. The second-order valence-electron chi connectivity index (χ2n) is 5.30. The SMILES string of the molecule is CN(CCC(=O)O)C(=O)/C(=C\c1ccc(-c2ccc(Cl)cc2)o1)SC=S. The Morgan fingerprint density at radius 1 is 1.27 bits per heavy atom. The fourth-order valence-electron chi connectivity index (χ4n) is 2.08. The molecule has 0 saturated heterocycles. The first-order valence-corrected chi connectivity index (χ1v) is 9.28. The number of hydrogen-bond acceptors (Lipinski definition) is 5. The van der Waals surface area contributed by atoms with E-state index in [1.54, 1.807) is 37.4 Å². The van der Waals surface area contributed by atoms with Crippen LogP contribution >= 0.6 is 35.6 Å². The van der Waals surface area contributed by atoms with Gasteiger partial charge < -0.3 is 14.4 Å². The average molecular weight is 410 g/mol. The first-order chi connectivity index (χ1) is 12.4. The van der Waals surface area contributed by atoms with Crippen molar-refractivity contribution in [2.75, 3.05) is 13.6 Å². The molecule has 0 radical (unpaired) electrons. The number of carboxylic acid groups (broad SMARTS) is 1. The summed E-state index contributed by atoms with van der Waals surface area (Å²) in [5.74, 6) is -0.140. The molecule has 0 aliphatic rings. The third-order valence-corrected chi connectivity index (χ3v) is 4.61. The number of carbonyl (C=O) groups excluding carboxylic acids is 1. The number of carbonyl (C=O) groups is 2. The number of halogens is 1. The highest BCUT2D eigenvalue weighted by Gasteiger charge is 2.16. The van der Waals surface area contributed by atoms with Gasteiger partial charge in [-0.1, -0.05) is 35.6 Å². The van der Waals surface area contributed by atoms with Gasteiger partial charge >= 0.3 is 5.97 Å². The molecule has 136 valence electrons. The van der Waals surface area contributed by atoms with Crippen LogP contribution in [0.3, 0.4) is 0 Å². The van der Waals surface area contributed by atoms with Crippen LogP contribution in [0.15, 0.2) is 45.7 Å². The largest absolute Gasteiger partial charge is 0.481 e. The molecule has 0 fully saturated rings. The van der Waals surface area contributed by atoms with E-state index in [0.717, 1.165) is 17.3 Å². The minimum absolute atomic E-state index is 0.109. The molecule has 0 atom stereocenters. The molecule has 1 heterocycles. The number of hydrogen-bond donors (Lipinski definition) is 1. The number of aliphatic carboxylic acids is 1. The van der Waals surface area contributed by atoms with Crippen LogP contribution in [0.4, 0.5) is 0 Å². The van der Waals surface area contributed by atoms with Gasteiger partial charge in [-0.2, -0.15) is 0 Å². The summed E-state index contributed by atoms with van der Waals surface area (Å²) in [7, 11) is 1.55. The highest BCUT2D eigenvalue weighted by atomic mass is 35.5. The van der Waals surface area contributed by atoms with Gasteiger partial charge in [-0.05, 0) is 36.4 Å². The molecule has 0 aliphatic heterocycles. The third kappa shape index (κ3) is 5.72. The highest BCUT2D eigenvalue weighted by Crippen LogP contribution is 2.27. The molecule has 1 aromatic heterocycles. The number of rotatable bonds is 8. The van der Waals surface area contributed by atoms with Gasteiger partial charge in [0.15, 0.2) is 0 Å². The molecule has 26 heavy (non-hydrogen) atoms. The van der Waals surface area contributed by atoms with E-state index in [4.69, 9.17) is 33.3 Å². The molecule has 1 amide bonds. The summed E-state index contributed by atoms with van der Waals surface area (Å²) in [6.45, 7) is 0.109. The monoisotopic (exact) mass is 409 g/mol. The number of benzene rings is 1. The molecule has 2 aromatic rings. The van der Waals surface area contributed by atoms with E-state index in [-0.39, 0.29) is 18.9 Å². The quantitative estimate of drug-likeness (QED) is 0.509. The Labute approximate surface area is 165 Å². The van der Waals surface area contributed by atoms with Crippen molar-refractivity contribution in [1.82, 2.24) is 4.90 Å². The van der Waals surface area contributed by atoms with E-state index in [1.165, 1.54) is 9.60 Å². The number of likely N-dealkylation sites (N-methyl/N-ethyl adjacent to an activating group) is 1. The zero-order valence-electron chi connectivity index (χ0n) is 13.8. The molecule has 1 N–H and O–H groups in total. The van der Waals surface area contributed by atoms with Crippen LogP contribution in [0, 0.1) is 0 Å². The Balaban J connectivity index is 2.20. The average Bonchev–Trinajstić information content (AvgIpc) is 3.07. The normalized spacial score (nSPS) is 11.2. The lowest BCUT2D eigenvalue weighted by Crippen LogP contribution is -2.29. The number of nitrogens with zero attached hydrogens (tertiary/aromatic N) is 1. The number of amides is 1. The molecular weight excluding hydrogens is 394 g/mol. The summed E-state index contributed by atoms with van der Waals surface area (Å²) in [5, 5.41) is 9.38. The zero-order valence-corrected chi connectivity index (χ0v) is 16.2. The lowest BCUT2D eigenvalue weighted by atomic mass is 10.2. The predicted molar refractivity (Wildman–Crippen MR) is 108 cm³/mol. The minimum Gasteiger partial charge on any atom is -0.481 e. The minimum atomic E-state index is -0.962. The maximum atomic E-state index is 12.5. The van der Waals surface area contributed by atoms with Crippen molar-refractivity contribution >= 4 is 58.2 Å². The van der Waals surface area contributed by atoms with Gasteiger partial charge in [0.1, 0.15) is 11.5 Å². The smallest absolute Gasteiger partial charge is 0.305 e. The van der Waals surface area contributed by atoms with Gasteiger partial charge in [-0.25, -0.2) is 0 Å². The molecule has 0 saturated carbocycles. The van der Waals surface area contributed by atoms with Crippen molar-refractivity contribution in [3.05, 3.63) is 52.1 Å². The van der Waals surface area contributed by atoms with Gasteiger partial charge in [0.2, 0.25) is 0 Å². The summed E-state index contributed by atoms with van der Waals surface area (Å²) >= 11 is 11.8. The zero-order chi connectivity index (χ0) is 19.1. The van der Waals surface area contributed by atoms with Crippen LogP contribution in [0.2, 0.25) is 5.02 Å². The summed E-state index contributed by atoms with van der Waals surface area (Å²) in [6, 6.07) is 10.8. The van der Waals surface area contributed by atoms with Crippen molar-refractivity contribution in [2.45, 2.75) is 6.42 Å². The second kappa shape index (κ2) is 9.56. The van der Waals surface area contributed by atoms with Crippen molar-refractivity contribution < 1.29 is 19.1 Å². The summed E-state index contributed by atoms with van der Waals surface area (Å²) in [5.41, 5.74) is 0.864. The first kappa shape index (κ1) is 20.2. The molecular formula is C18H16ClNO4S2. The van der Waals surface area contributed by atoms with Crippen molar-refractivity contribution in [1.29, 1.82) is 0 Å². The van der Waals surface area contributed by atoms with Crippen LogP contribution in [0.5, 0.6) is 0 Å². The summed E-state index contributed by atoms with van der Waals surface area (Å²) in [4.78, 5) is 24.8. The molecule has 5 nitrogen and oxygen atoms in total. The number of thioether (sulfide) groups is 1. The van der Waals surface area contributed by atoms with E-state index < -0.39 is 5.97 Å². The molecule has 0 aliphatic carbocycles. The Bertz CT molecular complexity index is 830. The molecule has 0 unspecified atom stereocenters. The molecule has 1 aromatic carbocycles. The van der Waals surface area contributed by atoms with Gasteiger partial charge in [0, 0.05) is 35.0 Å². The fraction of sp³-hybridized carbons (Fsp3) is 0.167. The van der Waals surface area contributed by atoms with Crippen LogP contribution in [0.25, 0.3) is 17.4 Å². The van der Waals surface area contributed by atoms with E-state index in [2.05, 4.69) is 0 Å². The first-order valence-electron chi connectivity index (χ1n) is 7.55. The number of furan rings is 1. The van der Waals surface area contributed by atoms with E-state index >= 15 is 0 Å². The predicted octanol–water partition coefficient (Wildman–Crippen LogP) is 4.56. The van der Waals surface area contributed by atoms with Gasteiger partial charge in [0.25, 0.3) is 5.91 Å². The second-order valence-corrected chi connectivity index (χ2v) is 7.18. The molecule has 0 spiro atoms. The summed E-state index contributed by atoms with van der Waals surface area (Å²) in [6.07, 6.45) is 1.46. The fourth-order valence-corrected chi connectivity index (χ4v) is 3.06. The topological polar surface area (TPSA) is 70.8 Å². The third-order valence-electron chi connectivity index (χ3n) is 3.42. The lowest BCUT2D eigenvalue weighted by molar-refractivity contribution is -0.137. The van der Waals surface area contributed by atoms with E-state index in [0.29, 0.717) is 21.4 Å². The van der Waals surface area contributed by atoms with Crippen molar-refractivity contribution in [3.8, 4) is 11.3 Å². The standard InChI is InChI=1S/C18H16ClNO4S2/c1-20(9-8-17(21)22)18(23)16(26-11-25)10-14-6-7-15(24-14)12-2-4-13(19)5-3-12/h2-7,10-11H,8-9H2,1H3,(H,21,22)/b16-10+. The summed E-state index contributed by atoms with van der Waals surface area (Å²) < 4.78 is 7.14.